The summed E-state index contributed by atoms with van der Waals surface area (Å²) in [7, 11) is 0. The van der Waals surface area contributed by atoms with Gasteiger partial charge >= 0.3 is 0 Å². The highest BCUT2D eigenvalue weighted by Crippen LogP contribution is 2.56. The number of fused-ring (bicyclic) bond motifs is 10. The number of benzene rings is 13. The number of rotatable bonds is 8. The monoisotopic (exact) mass is 1450 g/mol. The van der Waals surface area contributed by atoms with E-state index in [1.807, 2.05) is 0 Å². The van der Waals surface area contributed by atoms with Gasteiger partial charge in [0, 0.05) is 72.4 Å². The first-order chi connectivity index (χ1) is 52.5. The highest BCUT2D eigenvalue weighted by Gasteiger charge is 2.47. The number of aromatic nitrogens is 2. The molecule has 0 saturated heterocycles. The lowest BCUT2D eigenvalue weighted by Crippen LogP contribution is -2.61. The van der Waals surface area contributed by atoms with Crippen LogP contribution in [0.2, 0.25) is 0 Å². The minimum Gasteiger partial charge on any atom is -0.310 e. The summed E-state index contributed by atoms with van der Waals surface area (Å²) in [6, 6.07) is 105. The van der Waals surface area contributed by atoms with E-state index in [0.29, 0.717) is 0 Å². The van der Waals surface area contributed by atoms with E-state index in [0.717, 1.165) is 56.3 Å². The first-order valence-electron chi connectivity index (χ1n) is 40.3. The van der Waals surface area contributed by atoms with Crippen molar-refractivity contribution in [3.8, 4) is 55.9 Å². The van der Waals surface area contributed by atoms with Gasteiger partial charge in [0.2, 0.25) is 0 Å². The molecule has 0 fully saturated rings. The molecule has 0 amide bonds. The fourth-order valence-electron chi connectivity index (χ4n) is 17.6. The Labute approximate surface area is 660 Å². The Morgan fingerprint density at radius 1 is 0.225 bits per heavy atom. The molecule has 4 nitrogen and oxygen atoms in total. The van der Waals surface area contributed by atoms with E-state index < -0.39 is 0 Å². The lowest BCUT2D eigenvalue weighted by molar-refractivity contribution is 0.569. The van der Waals surface area contributed by atoms with Gasteiger partial charge in [-0.2, -0.15) is 0 Å². The molecular formula is C106H107BN4. The Kier molecular flexibility index (Phi) is 17.0. The molecule has 0 spiro atoms. The van der Waals surface area contributed by atoms with Crippen molar-refractivity contribution in [1.29, 1.82) is 0 Å². The van der Waals surface area contributed by atoms with Crippen molar-refractivity contribution < 1.29 is 0 Å². The molecule has 2 aliphatic rings. The second-order valence-corrected chi connectivity index (χ2v) is 39.2. The van der Waals surface area contributed by atoms with Crippen LogP contribution in [0.1, 0.15) is 184 Å². The summed E-state index contributed by atoms with van der Waals surface area (Å²) in [4.78, 5) is 5.56. The third-order valence-electron chi connectivity index (χ3n) is 24.1. The molecule has 0 unspecified atom stereocenters. The lowest BCUT2D eigenvalue weighted by atomic mass is 9.33. The number of hydrogen-bond acceptors (Lipinski definition) is 2. The standard InChI is InChI=1S/C106H107BN4/c1-100(2,3)71-39-33-38-69(54-71)80-48-53-91-96(81-42-31-32-43-88(81)108(91)78-40-29-24-30-41-78)99(80)111-92-57-68(70-55-74(103(10,11)12)58-75(56-70)104(13,14)15)44-49-86(92)107-87-50-47-79(109-89-51-45-72(101(4,5)6)59-84(89)85-60-73(102(7,8)9)46-52-90(85)109)65-93(87)110(94-63-77(106(19,20)21)64-95(111)97(94)107)98-82(66-34-25-22-26-35-66)61-76(105(16,17)18)62-83(98)67-36-27-23-28-37-67/h22-65H,1-21H3. The highest BCUT2D eigenvalue weighted by atomic mass is 15.2. The summed E-state index contributed by atoms with van der Waals surface area (Å²) < 4.78 is 5.09. The lowest BCUT2D eigenvalue weighted by Gasteiger charge is -2.46. The van der Waals surface area contributed by atoms with Crippen molar-refractivity contribution in [1.82, 2.24) is 9.13 Å². The van der Waals surface area contributed by atoms with Gasteiger partial charge in [0.1, 0.15) is 0 Å². The SMILES string of the molecule is CC(C)(C)c1cccc(-c2ccc3c(c2N2c4cc(-c5cc(C(C)(C)C)cc(C(C)(C)C)c5)ccc4B4c5ccc(-n6c7ccc(C(C)(C)C)cc7c7cc(C(C)(C)C)ccc76)cc5N(c5c(-c6ccccc6)cc(C(C)(C)C)cc5-c5ccccc5)c5cc(C(C)(C)C)cc2c54)c2ccccc2n3-c2ccccc2)c1. The van der Waals surface area contributed by atoms with Gasteiger partial charge in [0.05, 0.1) is 33.4 Å². The predicted molar refractivity (Wildman–Crippen MR) is 482 cm³/mol. The van der Waals surface area contributed by atoms with Crippen LogP contribution in [0.3, 0.4) is 0 Å². The third kappa shape index (κ3) is 12.5. The van der Waals surface area contributed by atoms with Crippen molar-refractivity contribution in [2.45, 2.75) is 183 Å². The summed E-state index contributed by atoms with van der Waals surface area (Å²) in [5.74, 6) is 0. The van der Waals surface area contributed by atoms with Crippen LogP contribution in [-0.2, 0) is 37.9 Å². The minimum absolute atomic E-state index is 0.0604. The maximum Gasteiger partial charge on any atom is 0.252 e. The maximum atomic E-state index is 2.79. The minimum atomic E-state index is -0.347. The molecule has 0 saturated carbocycles. The molecule has 4 heterocycles. The molecule has 5 heteroatoms. The van der Waals surface area contributed by atoms with E-state index >= 15 is 0 Å². The Bertz CT molecular complexity index is 6070. The molecular weight excluding hydrogens is 1340 g/mol. The van der Waals surface area contributed by atoms with Gasteiger partial charge in [-0.15, -0.1) is 0 Å². The second kappa shape index (κ2) is 25.9. The van der Waals surface area contributed by atoms with Crippen LogP contribution in [0.15, 0.2) is 267 Å². The average Bonchev–Trinajstić information content (AvgIpc) is 1.51. The zero-order chi connectivity index (χ0) is 78.1. The Balaban J connectivity index is 1.08. The molecule has 13 aromatic carbocycles. The number of para-hydroxylation sites is 2. The Hall–Kier alpha value is -10.9. The van der Waals surface area contributed by atoms with Crippen LogP contribution in [0.5, 0.6) is 0 Å². The summed E-state index contributed by atoms with van der Waals surface area (Å²) in [5.41, 5.74) is 35.2. The molecule has 2 aliphatic heterocycles. The summed E-state index contributed by atoms with van der Waals surface area (Å²) in [5, 5.41) is 4.93. The molecule has 17 rings (SSSR count). The van der Waals surface area contributed by atoms with E-state index in [2.05, 4.69) is 431 Å². The molecule has 111 heavy (non-hydrogen) atoms. The third-order valence-corrected chi connectivity index (χ3v) is 24.1. The van der Waals surface area contributed by atoms with Crippen molar-refractivity contribution >= 4 is 101 Å². The summed E-state index contributed by atoms with van der Waals surface area (Å²) >= 11 is 0. The fraction of sp³-hybridized carbons (Fsp3) is 0.264. The van der Waals surface area contributed by atoms with E-state index in [1.165, 1.54) is 133 Å². The van der Waals surface area contributed by atoms with Crippen LogP contribution >= 0.6 is 0 Å². The fourth-order valence-corrected chi connectivity index (χ4v) is 17.6. The van der Waals surface area contributed by atoms with Gasteiger partial charge in [0.15, 0.2) is 0 Å². The highest BCUT2D eigenvalue weighted by molar-refractivity contribution is 7.00. The van der Waals surface area contributed by atoms with E-state index in [-0.39, 0.29) is 44.6 Å². The second-order valence-electron chi connectivity index (χ2n) is 39.2. The molecule has 0 radical (unpaired) electrons. The molecule has 0 N–H and O–H groups in total. The molecule has 0 atom stereocenters. The van der Waals surface area contributed by atoms with Crippen LogP contribution in [-0.4, -0.2) is 15.8 Å². The van der Waals surface area contributed by atoms with Crippen molar-refractivity contribution in [2.75, 3.05) is 9.80 Å². The molecule has 15 aromatic rings. The summed E-state index contributed by atoms with van der Waals surface area (Å²) in [6.45, 7) is 49.4. The number of nitrogens with zero attached hydrogens (tertiary/aromatic N) is 4. The van der Waals surface area contributed by atoms with Gasteiger partial charge in [-0.3, -0.25) is 0 Å². The Morgan fingerprint density at radius 3 is 1.17 bits per heavy atom. The molecule has 2 aromatic heterocycles. The molecule has 0 bridgehead atoms. The van der Waals surface area contributed by atoms with Crippen molar-refractivity contribution in [2.24, 2.45) is 0 Å². The van der Waals surface area contributed by atoms with Crippen LogP contribution in [0.25, 0.3) is 99.5 Å². The first kappa shape index (κ1) is 73.0. The van der Waals surface area contributed by atoms with E-state index in [1.54, 1.807) is 0 Å². The topological polar surface area (TPSA) is 16.3 Å². The van der Waals surface area contributed by atoms with E-state index in [9.17, 15) is 0 Å². The predicted octanol–water partition coefficient (Wildman–Crippen LogP) is 27.7. The number of anilines is 6. The van der Waals surface area contributed by atoms with Crippen molar-refractivity contribution in [3.63, 3.8) is 0 Å². The van der Waals surface area contributed by atoms with Gasteiger partial charge in [-0.1, -0.05) is 321 Å². The maximum absolute atomic E-state index is 2.79. The first-order valence-corrected chi connectivity index (χ1v) is 40.3. The van der Waals surface area contributed by atoms with E-state index in [4.69, 9.17) is 0 Å². The molecule has 554 valence electrons. The van der Waals surface area contributed by atoms with Gasteiger partial charge < -0.3 is 18.9 Å². The number of hydrogen-bond donors (Lipinski definition) is 0. The van der Waals surface area contributed by atoms with Gasteiger partial charge in [-0.05, 0) is 212 Å². The van der Waals surface area contributed by atoms with Crippen LogP contribution in [0.4, 0.5) is 34.1 Å². The largest absolute Gasteiger partial charge is 0.310 e. The van der Waals surface area contributed by atoms with Gasteiger partial charge in [-0.25, -0.2) is 0 Å². The van der Waals surface area contributed by atoms with Crippen molar-refractivity contribution in [3.05, 3.63) is 306 Å². The average molecular weight is 1450 g/mol. The quantitative estimate of drug-likeness (QED) is 0.141. The van der Waals surface area contributed by atoms with Crippen LogP contribution in [0, 0.1) is 0 Å². The molecule has 0 aliphatic carbocycles. The smallest absolute Gasteiger partial charge is 0.252 e. The van der Waals surface area contributed by atoms with Crippen LogP contribution < -0.4 is 26.2 Å². The van der Waals surface area contributed by atoms with Gasteiger partial charge in [0.25, 0.3) is 6.71 Å². The summed E-state index contributed by atoms with van der Waals surface area (Å²) in [6.07, 6.45) is 0. The Morgan fingerprint density at radius 2 is 0.640 bits per heavy atom. The zero-order valence-electron chi connectivity index (χ0n) is 69.3. The normalized spacial score (nSPS) is 13.6. The zero-order valence-corrected chi connectivity index (χ0v) is 69.3.